The number of hydrogen-bond donors (Lipinski definition) is 0. The zero-order chi connectivity index (χ0) is 19.2. The number of hydrogen-bond acceptors (Lipinski definition) is 7. The number of nitrogens with zero attached hydrogens (tertiary/aromatic N) is 4. The summed E-state index contributed by atoms with van der Waals surface area (Å²) in [6.45, 7) is 6.56. The first-order valence-corrected chi connectivity index (χ1v) is 9.18. The molecule has 0 bridgehead atoms. The maximum Gasteiger partial charge on any atom is 0.291 e. The predicted molar refractivity (Wildman–Crippen MR) is 97.4 cm³/mol. The Labute approximate surface area is 158 Å². The lowest BCUT2D eigenvalue weighted by Gasteiger charge is -2.32. The molecule has 3 heterocycles. The van der Waals surface area contributed by atoms with E-state index >= 15 is 0 Å². The summed E-state index contributed by atoms with van der Waals surface area (Å²) < 4.78 is 15.9. The highest BCUT2D eigenvalue weighted by Gasteiger charge is 2.29. The summed E-state index contributed by atoms with van der Waals surface area (Å²) in [5, 5.41) is 0. The van der Waals surface area contributed by atoms with Crippen molar-refractivity contribution >= 4 is 5.91 Å². The quantitative estimate of drug-likeness (QED) is 0.687. The van der Waals surface area contributed by atoms with E-state index in [0.717, 1.165) is 29.9 Å². The van der Waals surface area contributed by atoms with Crippen LogP contribution in [0.2, 0.25) is 0 Å². The van der Waals surface area contributed by atoms with E-state index < -0.39 is 0 Å². The van der Waals surface area contributed by atoms with Gasteiger partial charge in [0.15, 0.2) is 6.39 Å². The molecule has 8 heteroatoms. The number of oxazole rings is 1. The zero-order valence-corrected chi connectivity index (χ0v) is 16.1. The maximum absolute atomic E-state index is 12.6. The van der Waals surface area contributed by atoms with Crippen LogP contribution in [0.1, 0.15) is 52.1 Å². The van der Waals surface area contributed by atoms with Crippen molar-refractivity contribution in [3.05, 3.63) is 41.1 Å². The molecule has 0 radical (unpaired) electrons. The molecule has 1 amide bonds. The zero-order valence-electron chi connectivity index (χ0n) is 16.1. The average Bonchev–Trinajstić information content (AvgIpc) is 3.11. The SMILES string of the molecule is COCCOCc1cnc(C)nc1C1CCN(C(=O)c2ocnc2C)CC1. The first-order chi connectivity index (χ1) is 13.1. The number of methoxy groups -OCH3 is 1. The normalized spacial score (nSPS) is 15.3. The van der Waals surface area contributed by atoms with E-state index in [-0.39, 0.29) is 11.8 Å². The lowest BCUT2D eigenvalue weighted by molar-refractivity contribution is 0.0602. The van der Waals surface area contributed by atoms with E-state index in [2.05, 4.69) is 15.0 Å². The van der Waals surface area contributed by atoms with Gasteiger partial charge in [-0.2, -0.15) is 0 Å². The molecule has 0 spiro atoms. The van der Waals surface area contributed by atoms with Gasteiger partial charge in [-0.3, -0.25) is 4.79 Å². The van der Waals surface area contributed by atoms with Crippen LogP contribution in [0.5, 0.6) is 0 Å². The molecule has 27 heavy (non-hydrogen) atoms. The van der Waals surface area contributed by atoms with Crippen LogP contribution >= 0.6 is 0 Å². The molecule has 146 valence electrons. The molecule has 1 saturated heterocycles. The number of rotatable bonds is 7. The molecule has 0 unspecified atom stereocenters. The van der Waals surface area contributed by atoms with Crippen molar-refractivity contribution < 1.29 is 18.7 Å². The van der Waals surface area contributed by atoms with E-state index in [9.17, 15) is 4.79 Å². The monoisotopic (exact) mass is 374 g/mol. The van der Waals surface area contributed by atoms with Crippen LogP contribution in [0, 0.1) is 13.8 Å². The standard InChI is InChI=1S/C19H26N4O4/c1-13-18(27-12-21-13)19(24)23-6-4-15(5-7-23)17-16(10-20-14(2)22-17)11-26-9-8-25-3/h10,12,15H,4-9,11H2,1-3H3. The highest BCUT2D eigenvalue weighted by molar-refractivity contribution is 5.92. The van der Waals surface area contributed by atoms with Crippen LogP contribution in [-0.2, 0) is 16.1 Å². The average molecular weight is 374 g/mol. The number of aryl methyl sites for hydroxylation is 2. The minimum Gasteiger partial charge on any atom is -0.438 e. The maximum atomic E-state index is 12.6. The molecule has 0 aliphatic carbocycles. The van der Waals surface area contributed by atoms with Crippen molar-refractivity contribution in [3.8, 4) is 0 Å². The fourth-order valence-corrected chi connectivity index (χ4v) is 3.31. The van der Waals surface area contributed by atoms with E-state index in [0.29, 0.717) is 44.4 Å². The Hall–Kier alpha value is -2.32. The molecule has 0 saturated carbocycles. The molecule has 1 fully saturated rings. The van der Waals surface area contributed by atoms with E-state index in [1.165, 1.54) is 6.39 Å². The number of ether oxygens (including phenoxy) is 2. The number of carbonyl (C=O) groups is 1. The lowest BCUT2D eigenvalue weighted by atomic mass is 9.90. The highest BCUT2D eigenvalue weighted by atomic mass is 16.5. The second-order valence-electron chi connectivity index (χ2n) is 6.71. The number of amides is 1. The summed E-state index contributed by atoms with van der Waals surface area (Å²) >= 11 is 0. The Kier molecular flexibility index (Phi) is 6.52. The predicted octanol–water partition coefficient (Wildman–Crippen LogP) is 2.26. The largest absolute Gasteiger partial charge is 0.438 e. The molecule has 8 nitrogen and oxygen atoms in total. The Morgan fingerprint density at radius 1 is 1.26 bits per heavy atom. The van der Waals surface area contributed by atoms with Gasteiger partial charge < -0.3 is 18.8 Å². The molecule has 3 rings (SSSR count). The van der Waals surface area contributed by atoms with Crippen molar-refractivity contribution in [3.63, 3.8) is 0 Å². The van der Waals surface area contributed by atoms with Gasteiger partial charge in [-0.15, -0.1) is 0 Å². The Morgan fingerprint density at radius 3 is 2.70 bits per heavy atom. The third kappa shape index (κ3) is 4.70. The molecule has 2 aromatic heterocycles. The number of aromatic nitrogens is 3. The summed E-state index contributed by atoms with van der Waals surface area (Å²) in [4.78, 5) is 27.4. The van der Waals surface area contributed by atoms with Crippen LogP contribution < -0.4 is 0 Å². The highest BCUT2D eigenvalue weighted by Crippen LogP contribution is 2.30. The third-order valence-corrected chi connectivity index (χ3v) is 4.82. The van der Waals surface area contributed by atoms with Gasteiger partial charge in [0, 0.05) is 37.9 Å². The van der Waals surface area contributed by atoms with Crippen LogP contribution in [0.25, 0.3) is 0 Å². The van der Waals surface area contributed by atoms with Crippen molar-refractivity contribution in [1.82, 2.24) is 19.9 Å². The van der Waals surface area contributed by atoms with Gasteiger partial charge in [-0.05, 0) is 26.7 Å². The van der Waals surface area contributed by atoms with Crippen molar-refractivity contribution in [2.24, 2.45) is 0 Å². The fourth-order valence-electron chi connectivity index (χ4n) is 3.31. The van der Waals surface area contributed by atoms with Crippen LogP contribution in [0.3, 0.4) is 0 Å². The summed E-state index contributed by atoms with van der Waals surface area (Å²) in [7, 11) is 1.65. The molecule has 0 aromatic carbocycles. The van der Waals surface area contributed by atoms with E-state index in [4.69, 9.17) is 13.9 Å². The summed E-state index contributed by atoms with van der Waals surface area (Å²) in [5.74, 6) is 1.28. The summed E-state index contributed by atoms with van der Waals surface area (Å²) in [6.07, 6.45) is 4.86. The second kappa shape index (κ2) is 9.05. The van der Waals surface area contributed by atoms with Gasteiger partial charge in [0.05, 0.1) is 31.2 Å². The van der Waals surface area contributed by atoms with E-state index in [1.54, 1.807) is 14.0 Å². The molecule has 0 N–H and O–H groups in total. The van der Waals surface area contributed by atoms with Gasteiger partial charge in [0.25, 0.3) is 5.91 Å². The number of likely N-dealkylation sites (tertiary alicyclic amines) is 1. The minimum absolute atomic E-state index is 0.0922. The lowest BCUT2D eigenvalue weighted by Crippen LogP contribution is -2.38. The van der Waals surface area contributed by atoms with Gasteiger partial charge >= 0.3 is 0 Å². The van der Waals surface area contributed by atoms with E-state index in [1.807, 2.05) is 18.0 Å². The van der Waals surface area contributed by atoms with Gasteiger partial charge in [-0.25, -0.2) is 15.0 Å². The Morgan fingerprint density at radius 2 is 2.04 bits per heavy atom. The molecular formula is C19H26N4O4. The Balaban J connectivity index is 1.64. The first kappa shape index (κ1) is 19.4. The third-order valence-electron chi connectivity index (χ3n) is 4.82. The van der Waals surface area contributed by atoms with Gasteiger partial charge in [0.1, 0.15) is 5.82 Å². The minimum atomic E-state index is -0.0922. The first-order valence-electron chi connectivity index (χ1n) is 9.18. The summed E-state index contributed by atoms with van der Waals surface area (Å²) in [5.41, 5.74) is 2.67. The Bertz CT molecular complexity index is 769. The van der Waals surface area contributed by atoms with Crippen molar-refractivity contribution in [2.75, 3.05) is 33.4 Å². The fraction of sp³-hybridized carbons (Fsp3) is 0.579. The van der Waals surface area contributed by atoms with Crippen molar-refractivity contribution in [1.29, 1.82) is 0 Å². The summed E-state index contributed by atoms with van der Waals surface area (Å²) in [6, 6.07) is 0. The molecule has 2 aromatic rings. The second-order valence-corrected chi connectivity index (χ2v) is 6.71. The number of carbonyl (C=O) groups excluding carboxylic acids is 1. The molecule has 1 aliphatic rings. The van der Waals surface area contributed by atoms with Crippen LogP contribution in [0.4, 0.5) is 0 Å². The van der Waals surface area contributed by atoms with Crippen LogP contribution in [-0.4, -0.2) is 59.2 Å². The van der Waals surface area contributed by atoms with Crippen LogP contribution in [0.15, 0.2) is 17.0 Å². The van der Waals surface area contributed by atoms with Crippen molar-refractivity contribution in [2.45, 2.75) is 39.2 Å². The smallest absolute Gasteiger partial charge is 0.291 e. The van der Waals surface area contributed by atoms with Gasteiger partial charge in [-0.1, -0.05) is 0 Å². The molecular weight excluding hydrogens is 348 g/mol. The van der Waals surface area contributed by atoms with Gasteiger partial charge in [0.2, 0.25) is 5.76 Å². The number of piperidine rings is 1. The topological polar surface area (TPSA) is 90.6 Å². The molecule has 0 atom stereocenters. The molecule has 1 aliphatic heterocycles.